The van der Waals surface area contributed by atoms with E-state index in [0.717, 1.165) is 6.42 Å². The smallest absolute Gasteiger partial charge is 0.339 e. The number of ether oxygens (including phenoxy) is 1. The molecule has 1 aliphatic rings. The van der Waals surface area contributed by atoms with Crippen molar-refractivity contribution in [3.8, 4) is 0 Å². The van der Waals surface area contributed by atoms with Crippen molar-refractivity contribution in [3.05, 3.63) is 23.5 Å². The molecule has 1 heterocycles. The highest BCUT2D eigenvalue weighted by molar-refractivity contribution is 5.92. The van der Waals surface area contributed by atoms with Crippen LogP contribution >= 0.6 is 0 Å². The molecule has 0 aromatic rings. The second-order valence-corrected chi connectivity index (χ2v) is 3.61. The lowest BCUT2D eigenvalue weighted by Crippen LogP contribution is -2.20. The fourth-order valence-corrected chi connectivity index (χ4v) is 1.27. The standard InChI is InChI=1S/C11H16O4/c1-3-4-8-5-9(15-11(8)14)6-10(13)7(2)12/h5-7,10,12-13H,3-4H2,1-2H3/b9-6-/t7-,10-/m0/s1. The number of carbonyl (C=O) groups is 1. The molecule has 0 spiro atoms. The Morgan fingerprint density at radius 2 is 2.20 bits per heavy atom. The highest BCUT2D eigenvalue weighted by Gasteiger charge is 2.21. The number of cyclic esters (lactones) is 1. The highest BCUT2D eigenvalue weighted by Crippen LogP contribution is 2.21. The number of hydrogen-bond acceptors (Lipinski definition) is 4. The monoisotopic (exact) mass is 212 g/mol. The average Bonchev–Trinajstić information content (AvgIpc) is 2.47. The first-order valence-electron chi connectivity index (χ1n) is 5.05. The average molecular weight is 212 g/mol. The van der Waals surface area contributed by atoms with E-state index in [4.69, 9.17) is 9.84 Å². The normalized spacial score (nSPS) is 22.5. The summed E-state index contributed by atoms with van der Waals surface area (Å²) >= 11 is 0. The van der Waals surface area contributed by atoms with E-state index in [0.29, 0.717) is 17.8 Å². The summed E-state index contributed by atoms with van der Waals surface area (Å²) in [6, 6.07) is 0. The lowest BCUT2D eigenvalue weighted by atomic mass is 10.1. The van der Waals surface area contributed by atoms with Crippen molar-refractivity contribution in [1.29, 1.82) is 0 Å². The third-order valence-corrected chi connectivity index (χ3v) is 2.14. The van der Waals surface area contributed by atoms with E-state index in [1.807, 2.05) is 6.92 Å². The summed E-state index contributed by atoms with van der Waals surface area (Å²) in [5, 5.41) is 18.4. The van der Waals surface area contributed by atoms with E-state index in [-0.39, 0.29) is 5.97 Å². The number of allylic oxidation sites excluding steroid dienone is 1. The van der Waals surface area contributed by atoms with Crippen molar-refractivity contribution in [3.63, 3.8) is 0 Å². The van der Waals surface area contributed by atoms with Gasteiger partial charge in [0, 0.05) is 5.57 Å². The Kier molecular flexibility index (Phi) is 4.05. The minimum atomic E-state index is -1.01. The van der Waals surface area contributed by atoms with Crippen LogP contribution in [0.4, 0.5) is 0 Å². The third kappa shape index (κ3) is 3.18. The van der Waals surface area contributed by atoms with Gasteiger partial charge >= 0.3 is 5.97 Å². The Morgan fingerprint density at radius 1 is 1.53 bits per heavy atom. The van der Waals surface area contributed by atoms with Gasteiger partial charge in [0.2, 0.25) is 0 Å². The molecule has 2 N–H and O–H groups in total. The van der Waals surface area contributed by atoms with Gasteiger partial charge in [0.05, 0.1) is 6.10 Å². The van der Waals surface area contributed by atoms with E-state index >= 15 is 0 Å². The molecule has 1 rings (SSSR count). The summed E-state index contributed by atoms with van der Waals surface area (Å²) in [7, 11) is 0. The zero-order valence-electron chi connectivity index (χ0n) is 8.93. The van der Waals surface area contributed by atoms with Gasteiger partial charge in [0.15, 0.2) is 0 Å². The lowest BCUT2D eigenvalue weighted by Gasteiger charge is -2.08. The summed E-state index contributed by atoms with van der Waals surface area (Å²) in [5.74, 6) is -0.0438. The van der Waals surface area contributed by atoms with Gasteiger partial charge < -0.3 is 14.9 Å². The van der Waals surface area contributed by atoms with Gasteiger partial charge in [-0.2, -0.15) is 0 Å². The SMILES string of the molecule is CCCC1=C/C(=C/[C@H](O)[C@H](C)O)OC1=O. The van der Waals surface area contributed by atoms with Crippen molar-refractivity contribution in [2.75, 3.05) is 0 Å². The van der Waals surface area contributed by atoms with Crippen LogP contribution in [0, 0.1) is 0 Å². The first-order valence-corrected chi connectivity index (χ1v) is 5.05. The minimum Gasteiger partial charge on any atom is -0.423 e. The Morgan fingerprint density at radius 3 is 2.73 bits per heavy atom. The summed E-state index contributed by atoms with van der Waals surface area (Å²) < 4.78 is 4.91. The highest BCUT2D eigenvalue weighted by atomic mass is 16.5. The summed E-state index contributed by atoms with van der Waals surface area (Å²) in [6.07, 6.45) is 2.60. The largest absolute Gasteiger partial charge is 0.423 e. The van der Waals surface area contributed by atoms with Gasteiger partial charge in [-0.3, -0.25) is 0 Å². The number of aliphatic hydroxyl groups is 2. The van der Waals surface area contributed by atoms with Crippen LogP contribution in [0.1, 0.15) is 26.7 Å². The van der Waals surface area contributed by atoms with Crippen LogP contribution in [0.25, 0.3) is 0 Å². The minimum absolute atomic E-state index is 0.317. The van der Waals surface area contributed by atoms with Crippen LogP contribution in [0.15, 0.2) is 23.5 Å². The zero-order valence-corrected chi connectivity index (χ0v) is 8.93. The quantitative estimate of drug-likeness (QED) is 0.679. The van der Waals surface area contributed by atoms with Crippen molar-refractivity contribution in [2.24, 2.45) is 0 Å². The van der Waals surface area contributed by atoms with Crippen LogP contribution in [0.5, 0.6) is 0 Å². The third-order valence-electron chi connectivity index (χ3n) is 2.14. The Balaban J connectivity index is 2.71. The predicted molar refractivity (Wildman–Crippen MR) is 54.9 cm³/mol. The van der Waals surface area contributed by atoms with E-state index in [1.54, 1.807) is 6.08 Å². The molecule has 84 valence electrons. The fourth-order valence-electron chi connectivity index (χ4n) is 1.27. The second kappa shape index (κ2) is 5.09. The van der Waals surface area contributed by atoms with Gasteiger partial charge in [0.25, 0.3) is 0 Å². The Bertz CT molecular complexity index is 302. The molecule has 0 aliphatic carbocycles. The molecule has 0 fully saturated rings. The Hall–Kier alpha value is -1.13. The molecule has 4 heteroatoms. The van der Waals surface area contributed by atoms with Crippen molar-refractivity contribution >= 4 is 5.97 Å². The molecule has 0 saturated heterocycles. The molecule has 0 bridgehead atoms. The summed E-state index contributed by atoms with van der Waals surface area (Å²) in [4.78, 5) is 11.3. The van der Waals surface area contributed by atoms with E-state index in [1.165, 1.54) is 13.0 Å². The molecular formula is C11H16O4. The van der Waals surface area contributed by atoms with Crippen LogP contribution < -0.4 is 0 Å². The van der Waals surface area contributed by atoms with E-state index in [2.05, 4.69) is 0 Å². The first kappa shape index (κ1) is 11.9. The van der Waals surface area contributed by atoms with Gasteiger partial charge in [-0.1, -0.05) is 13.3 Å². The zero-order chi connectivity index (χ0) is 11.4. The number of hydrogen-bond donors (Lipinski definition) is 2. The predicted octanol–water partition coefficient (Wildman–Crippen LogP) is 0.895. The van der Waals surface area contributed by atoms with E-state index < -0.39 is 12.2 Å². The van der Waals surface area contributed by atoms with Crippen LogP contribution in [-0.4, -0.2) is 28.4 Å². The summed E-state index contributed by atoms with van der Waals surface area (Å²) in [6.45, 7) is 3.44. The molecular weight excluding hydrogens is 196 g/mol. The maximum atomic E-state index is 11.3. The van der Waals surface area contributed by atoms with E-state index in [9.17, 15) is 9.90 Å². The maximum absolute atomic E-state index is 11.3. The lowest BCUT2D eigenvalue weighted by molar-refractivity contribution is -0.133. The second-order valence-electron chi connectivity index (χ2n) is 3.61. The molecule has 0 amide bonds. The number of rotatable bonds is 4. The molecule has 2 atom stereocenters. The topological polar surface area (TPSA) is 66.8 Å². The Labute approximate surface area is 88.9 Å². The maximum Gasteiger partial charge on any atom is 0.339 e. The fraction of sp³-hybridized carbons (Fsp3) is 0.545. The van der Waals surface area contributed by atoms with Gasteiger partial charge in [0.1, 0.15) is 11.9 Å². The van der Waals surface area contributed by atoms with Crippen LogP contribution in [0.3, 0.4) is 0 Å². The van der Waals surface area contributed by atoms with Gasteiger partial charge in [-0.25, -0.2) is 4.79 Å². The molecule has 1 aliphatic heterocycles. The molecule has 0 unspecified atom stereocenters. The van der Waals surface area contributed by atoms with Crippen LogP contribution in [-0.2, 0) is 9.53 Å². The number of aliphatic hydroxyl groups excluding tert-OH is 2. The van der Waals surface area contributed by atoms with Gasteiger partial charge in [-0.15, -0.1) is 0 Å². The first-order chi connectivity index (χ1) is 7.04. The van der Waals surface area contributed by atoms with Gasteiger partial charge in [-0.05, 0) is 25.5 Å². The number of carbonyl (C=O) groups excluding carboxylic acids is 1. The molecule has 4 nitrogen and oxygen atoms in total. The molecule has 0 saturated carbocycles. The molecule has 0 radical (unpaired) electrons. The van der Waals surface area contributed by atoms with Crippen molar-refractivity contribution < 1.29 is 19.7 Å². The summed E-state index contributed by atoms with van der Waals surface area (Å²) in [5.41, 5.74) is 0.613. The number of esters is 1. The van der Waals surface area contributed by atoms with Crippen LogP contribution in [0.2, 0.25) is 0 Å². The molecule has 15 heavy (non-hydrogen) atoms. The molecule has 0 aromatic heterocycles. The molecule has 0 aromatic carbocycles. The van der Waals surface area contributed by atoms with Crippen molar-refractivity contribution in [1.82, 2.24) is 0 Å². The van der Waals surface area contributed by atoms with Crippen molar-refractivity contribution in [2.45, 2.75) is 38.9 Å².